The van der Waals surface area contributed by atoms with Crippen LogP contribution in [0.15, 0.2) is 6.07 Å². The molecule has 0 radical (unpaired) electrons. The summed E-state index contributed by atoms with van der Waals surface area (Å²) in [6, 6.07) is 2.17. The molecule has 1 heterocycles. The van der Waals surface area contributed by atoms with Crippen LogP contribution in [0.2, 0.25) is 0 Å². The summed E-state index contributed by atoms with van der Waals surface area (Å²) in [6.07, 6.45) is 1.23. The Balaban J connectivity index is 2.15. The molecule has 0 aliphatic heterocycles. The third-order valence-corrected chi connectivity index (χ3v) is 2.74. The second kappa shape index (κ2) is 2.59. The molecule has 1 aliphatic rings. The number of nitrogens with zero attached hydrogens (tertiary/aromatic N) is 2. The molecule has 0 spiro atoms. The quantitative estimate of drug-likeness (QED) is 0.704. The van der Waals surface area contributed by atoms with Crippen molar-refractivity contribution in [3.63, 3.8) is 0 Å². The molecule has 1 saturated carbocycles. The van der Waals surface area contributed by atoms with Gasteiger partial charge in [-0.3, -0.25) is 4.68 Å². The van der Waals surface area contributed by atoms with Crippen LogP contribution in [0.3, 0.4) is 0 Å². The van der Waals surface area contributed by atoms with Crippen LogP contribution in [0, 0.1) is 12.8 Å². The summed E-state index contributed by atoms with van der Waals surface area (Å²) in [5.41, 5.74) is 8.03. The molecule has 2 atom stereocenters. The minimum Gasteiger partial charge on any atom is -0.330 e. The fourth-order valence-corrected chi connectivity index (χ4v) is 1.64. The van der Waals surface area contributed by atoms with Gasteiger partial charge in [0, 0.05) is 18.7 Å². The van der Waals surface area contributed by atoms with Crippen molar-refractivity contribution in [1.29, 1.82) is 0 Å². The highest BCUT2D eigenvalue weighted by Crippen LogP contribution is 2.45. The SMILES string of the molecule is Cc1cc([C@@H]2C[C@H]2CN)nn1C. The zero-order chi connectivity index (χ0) is 8.72. The zero-order valence-corrected chi connectivity index (χ0v) is 7.62. The summed E-state index contributed by atoms with van der Waals surface area (Å²) in [5, 5.41) is 4.43. The summed E-state index contributed by atoms with van der Waals surface area (Å²) < 4.78 is 1.93. The van der Waals surface area contributed by atoms with Crippen molar-refractivity contribution >= 4 is 0 Å². The Kier molecular flexibility index (Phi) is 1.68. The molecule has 0 aromatic carbocycles. The monoisotopic (exact) mass is 165 g/mol. The van der Waals surface area contributed by atoms with E-state index >= 15 is 0 Å². The molecule has 0 unspecified atom stereocenters. The van der Waals surface area contributed by atoms with E-state index in [0.29, 0.717) is 11.8 Å². The molecule has 1 aromatic heterocycles. The van der Waals surface area contributed by atoms with E-state index in [2.05, 4.69) is 18.1 Å². The second-order valence-electron chi connectivity index (χ2n) is 3.67. The summed E-state index contributed by atoms with van der Waals surface area (Å²) in [7, 11) is 1.98. The minimum absolute atomic E-state index is 0.648. The van der Waals surface area contributed by atoms with Crippen molar-refractivity contribution in [1.82, 2.24) is 9.78 Å². The maximum absolute atomic E-state index is 5.57. The van der Waals surface area contributed by atoms with E-state index in [4.69, 9.17) is 5.73 Å². The number of hydrogen-bond donors (Lipinski definition) is 1. The molecule has 2 rings (SSSR count). The molecule has 1 aromatic rings. The average molecular weight is 165 g/mol. The fraction of sp³-hybridized carbons (Fsp3) is 0.667. The van der Waals surface area contributed by atoms with Crippen LogP contribution in [0.25, 0.3) is 0 Å². The van der Waals surface area contributed by atoms with Gasteiger partial charge in [-0.15, -0.1) is 0 Å². The summed E-state index contributed by atoms with van der Waals surface area (Å²) in [5.74, 6) is 1.34. The Morgan fingerprint density at radius 3 is 2.92 bits per heavy atom. The molecule has 1 fully saturated rings. The number of nitrogens with two attached hydrogens (primary N) is 1. The van der Waals surface area contributed by atoms with Crippen molar-refractivity contribution in [2.75, 3.05) is 6.54 Å². The molecule has 3 heteroatoms. The molecule has 0 saturated heterocycles. The molecule has 1 aliphatic carbocycles. The lowest BCUT2D eigenvalue weighted by Crippen LogP contribution is -2.02. The minimum atomic E-state index is 0.648. The summed E-state index contributed by atoms with van der Waals surface area (Å²) >= 11 is 0. The Hall–Kier alpha value is -0.830. The molecular formula is C9H15N3. The highest BCUT2D eigenvalue weighted by molar-refractivity contribution is 5.20. The van der Waals surface area contributed by atoms with Gasteiger partial charge in [-0.05, 0) is 31.9 Å². The topological polar surface area (TPSA) is 43.8 Å². The summed E-state index contributed by atoms with van der Waals surface area (Å²) in [6.45, 7) is 2.89. The first kappa shape index (κ1) is 7.80. The molecular weight excluding hydrogens is 150 g/mol. The van der Waals surface area contributed by atoms with Crippen LogP contribution in [0.1, 0.15) is 23.7 Å². The number of rotatable bonds is 2. The van der Waals surface area contributed by atoms with E-state index in [0.717, 1.165) is 6.54 Å². The van der Waals surface area contributed by atoms with E-state index in [9.17, 15) is 0 Å². The van der Waals surface area contributed by atoms with Crippen molar-refractivity contribution in [3.8, 4) is 0 Å². The van der Waals surface area contributed by atoms with E-state index in [1.807, 2.05) is 11.7 Å². The van der Waals surface area contributed by atoms with Gasteiger partial charge in [0.2, 0.25) is 0 Å². The van der Waals surface area contributed by atoms with Gasteiger partial charge >= 0.3 is 0 Å². The molecule has 12 heavy (non-hydrogen) atoms. The molecule has 0 amide bonds. The average Bonchev–Trinajstić information content (AvgIpc) is 2.75. The van der Waals surface area contributed by atoms with Gasteiger partial charge in [0.15, 0.2) is 0 Å². The number of hydrogen-bond acceptors (Lipinski definition) is 2. The normalized spacial score (nSPS) is 27.6. The Morgan fingerprint density at radius 2 is 2.50 bits per heavy atom. The first-order valence-electron chi connectivity index (χ1n) is 4.43. The van der Waals surface area contributed by atoms with Gasteiger partial charge in [0.1, 0.15) is 0 Å². The molecule has 0 bridgehead atoms. The molecule has 66 valence electrons. The predicted molar refractivity (Wildman–Crippen MR) is 47.8 cm³/mol. The maximum Gasteiger partial charge on any atom is 0.0661 e. The molecule has 3 nitrogen and oxygen atoms in total. The van der Waals surface area contributed by atoms with Gasteiger partial charge in [-0.2, -0.15) is 5.10 Å². The fourth-order valence-electron chi connectivity index (χ4n) is 1.64. The van der Waals surface area contributed by atoms with Crippen molar-refractivity contribution in [2.45, 2.75) is 19.3 Å². The number of aryl methyl sites for hydroxylation is 2. The largest absolute Gasteiger partial charge is 0.330 e. The van der Waals surface area contributed by atoms with Gasteiger partial charge in [-0.1, -0.05) is 0 Å². The van der Waals surface area contributed by atoms with Gasteiger partial charge in [0.25, 0.3) is 0 Å². The first-order chi connectivity index (χ1) is 5.72. The number of aromatic nitrogens is 2. The predicted octanol–water partition coefficient (Wildman–Crippen LogP) is 0.791. The van der Waals surface area contributed by atoms with Crippen LogP contribution in [0.5, 0.6) is 0 Å². The highest BCUT2D eigenvalue weighted by atomic mass is 15.3. The van der Waals surface area contributed by atoms with E-state index in [1.165, 1.54) is 17.8 Å². The Labute approximate surface area is 72.6 Å². The third kappa shape index (κ3) is 1.14. The smallest absolute Gasteiger partial charge is 0.0661 e. The lowest BCUT2D eigenvalue weighted by atomic mass is 10.2. The first-order valence-corrected chi connectivity index (χ1v) is 4.43. The van der Waals surface area contributed by atoms with E-state index in [1.54, 1.807) is 0 Å². The van der Waals surface area contributed by atoms with Crippen LogP contribution in [-0.2, 0) is 7.05 Å². The third-order valence-electron chi connectivity index (χ3n) is 2.74. The Morgan fingerprint density at radius 1 is 1.75 bits per heavy atom. The summed E-state index contributed by atoms with van der Waals surface area (Å²) in [4.78, 5) is 0. The standard InChI is InChI=1S/C9H15N3/c1-6-3-9(11-12(6)2)8-4-7(8)5-10/h3,7-8H,4-5,10H2,1-2H3/t7-,8+/m0/s1. The van der Waals surface area contributed by atoms with Crippen molar-refractivity contribution < 1.29 is 0 Å². The van der Waals surface area contributed by atoms with Crippen LogP contribution < -0.4 is 5.73 Å². The molecule has 2 N–H and O–H groups in total. The van der Waals surface area contributed by atoms with Crippen LogP contribution in [0.4, 0.5) is 0 Å². The van der Waals surface area contributed by atoms with Crippen LogP contribution in [-0.4, -0.2) is 16.3 Å². The Bertz CT molecular complexity index is 270. The van der Waals surface area contributed by atoms with E-state index in [-0.39, 0.29) is 0 Å². The zero-order valence-electron chi connectivity index (χ0n) is 7.62. The second-order valence-corrected chi connectivity index (χ2v) is 3.67. The van der Waals surface area contributed by atoms with E-state index < -0.39 is 0 Å². The van der Waals surface area contributed by atoms with Gasteiger partial charge in [0.05, 0.1) is 5.69 Å². The van der Waals surface area contributed by atoms with Gasteiger partial charge < -0.3 is 5.73 Å². The highest BCUT2D eigenvalue weighted by Gasteiger charge is 2.38. The van der Waals surface area contributed by atoms with Crippen molar-refractivity contribution in [3.05, 3.63) is 17.5 Å². The van der Waals surface area contributed by atoms with Crippen molar-refractivity contribution in [2.24, 2.45) is 18.7 Å². The lowest BCUT2D eigenvalue weighted by molar-refractivity contribution is 0.709. The van der Waals surface area contributed by atoms with Crippen LogP contribution >= 0.6 is 0 Å². The van der Waals surface area contributed by atoms with Gasteiger partial charge in [-0.25, -0.2) is 0 Å². The maximum atomic E-state index is 5.57. The lowest BCUT2D eigenvalue weighted by Gasteiger charge is -1.91.